The lowest BCUT2D eigenvalue weighted by atomic mass is 10.1. The number of aromatic carboxylic acids is 1. The van der Waals surface area contributed by atoms with Crippen LogP contribution in [0.5, 0.6) is 11.5 Å². The molecule has 0 bridgehead atoms. The zero-order chi connectivity index (χ0) is 24.4. The second-order valence-corrected chi connectivity index (χ2v) is 7.15. The van der Waals surface area contributed by atoms with Gasteiger partial charge in [-0.05, 0) is 54.6 Å². The minimum absolute atomic E-state index is 0.125. The van der Waals surface area contributed by atoms with Gasteiger partial charge in [0.1, 0.15) is 17.1 Å². The van der Waals surface area contributed by atoms with Crippen LogP contribution in [0.2, 0.25) is 0 Å². The fourth-order valence-corrected chi connectivity index (χ4v) is 3.51. The molecule has 1 aromatic heterocycles. The molecule has 10 heteroatoms. The first-order valence-corrected chi connectivity index (χ1v) is 9.98. The van der Waals surface area contributed by atoms with E-state index in [9.17, 15) is 19.2 Å². The fourth-order valence-electron chi connectivity index (χ4n) is 3.51. The molecule has 4 rings (SSSR count). The van der Waals surface area contributed by atoms with Gasteiger partial charge in [0, 0.05) is 23.6 Å². The summed E-state index contributed by atoms with van der Waals surface area (Å²) in [5, 5.41) is 11.3. The summed E-state index contributed by atoms with van der Waals surface area (Å²) in [7, 11) is 2.85. The van der Waals surface area contributed by atoms with Crippen LogP contribution in [0.25, 0.3) is 11.8 Å². The molecule has 2 N–H and O–H groups in total. The van der Waals surface area contributed by atoms with Gasteiger partial charge >= 0.3 is 12.0 Å². The van der Waals surface area contributed by atoms with Crippen LogP contribution in [-0.2, 0) is 9.59 Å². The number of ether oxygens (including phenoxy) is 2. The molecular weight excluding hydrogens is 442 g/mol. The van der Waals surface area contributed by atoms with Gasteiger partial charge in [-0.3, -0.25) is 14.9 Å². The van der Waals surface area contributed by atoms with Gasteiger partial charge in [-0.15, -0.1) is 0 Å². The lowest BCUT2D eigenvalue weighted by molar-refractivity contribution is -0.122. The van der Waals surface area contributed by atoms with E-state index in [0.717, 1.165) is 4.90 Å². The summed E-state index contributed by atoms with van der Waals surface area (Å²) in [6.45, 7) is 0. The predicted molar refractivity (Wildman–Crippen MR) is 121 cm³/mol. The number of carbonyl (C=O) groups excluding carboxylic acids is 3. The van der Waals surface area contributed by atoms with Crippen LogP contribution in [0.4, 0.5) is 10.5 Å². The van der Waals surface area contributed by atoms with E-state index in [1.807, 2.05) is 0 Å². The SMILES string of the molecule is COc1ccc(N2C(=O)NC(=O)C(=Cc3cccn3-c3ccc(C(=O)O)cc3)C2=O)c(OC)c1. The molecule has 0 radical (unpaired) electrons. The Hall–Kier alpha value is -4.86. The average Bonchev–Trinajstić information content (AvgIpc) is 3.30. The normalized spacial score (nSPS) is 14.8. The van der Waals surface area contributed by atoms with Gasteiger partial charge in [0.2, 0.25) is 0 Å². The van der Waals surface area contributed by atoms with Gasteiger partial charge in [-0.1, -0.05) is 0 Å². The summed E-state index contributed by atoms with van der Waals surface area (Å²) in [4.78, 5) is 50.3. The van der Waals surface area contributed by atoms with Crippen molar-refractivity contribution in [3.63, 3.8) is 0 Å². The number of hydrogen-bond acceptors (Lipinski definition) is 6. The average molecular weight is 461 g/mol. The molecule has 0 atom stereocenters. The van der Waals surface area contributed by atoms with Crippen molar-refractivity contribution in [1.29, 1.82) is 0 Å². The third-order valence-electron chi connectivity index (χ3n) is 5.19. The number of methoxy groups -OCH3 is 2. The lowest BCUT2D eigenvalue weighted by Crippen LogP contribution is -2.54. The molecule has 4 amide bonds. The highest BCUT2D eigenvalue weighted by atomic mass is 16.5. The number of imide groups is 2. The number of carboxylic acids is 1. The number of rotatable bonds is 6. The van der Waals surface area contributed by atoms with Crippen LogP contribution >= 0.6 is 0 Å². The highest BCUT2D eigenvalue weighted by Crippen LogP contribution is 2.34. The van der Waals surface area contributed by atoms with Crippen LogP contribution in [0.3, 0.4) is 0 Å². The van der Waals surface area contributed by atoms with E-state index in [2.05, 4.69) is 5.32 Å². The molecule has 2 aromatic carbocycles. The Labute approximate surface area is 193 Å². The van der Waals surface area contributed by atoms with Crippen molar-refractivity contribution in [2.75, 3.05) is 19.1 Å². The quantitative estimate of drug-likeness (QED) is 0.427. The number of aromatic nitrogens is 1. The van der Waals surface area contributed by atoms with Gasteiger partial charge in [0.15, 0.2) is 0 Å². The van der Waals surface area contributed by atoms with E-state index in [4.69, 9.17) is 14.6 Å². The van der Waals surface area contributed by atoms with Crippen molar-refractivity contribution >= 4 is 35.6 Å². The minimum atomic E-state index is -1.05. The highest BCUT2D eigenvalue weighted by molar-refractivity contribution is 6.39. The number of barbiturate groups is 1. The van der Waals surface area contributed by atoms with Crippen molar-refractivity contribution < 1.29 is 33.8 Å². The molecule has 1 aliphatic heterocycles. The summed E-state index contributed by atoms with van der Waals surface area (Å²) in [6.07, 6.45) is 3.06. The van der Waals surface area contributed by atoms with E-state index < -0.39 is 23.8 Å². The molecular formula is C24H19N3O7. The highest BCUT2D eigenvalue weighted by Gasteiger charge is 2.38. The molecule has 1 fully saturated rings. The van der Waals surface area contributed by atoms with Crippen molar-refractivity contribution in [3.05, 3.63) is 77.6 Å². The molecule has 0 aliphatic carbocycles. The van der Waals surface area contributed by atoms with E-state index in [1.54, 1.807) is 41.1 Å². The summed E-state index contributed by atoms with van der Waals surface area (Å²) >= 11 is 0. The monoisotopic (exact) mass is 461 g/mol. The second kappa shape index (κ2) is 8.94. The second-order valence-electron chi connectivity index (χ2n) is 7.15. The maximum Gasteiger partial charge on any atom is 0.336 e. The third-order valence-corrected chi connectivity index (χ3v) is 5.19. The predicted octanol–water partition coefficient (Wildman–Crippen LogP) is 2.86. The Morgan fingerprint density at radius 3 is 2.38 bits per heavy atom. The molecule has 10 nitrogen and oxygen atoms in total. The topological polar surface area (TPSA) is 127 Å². The van der Waals surface area contributed by atoms with Crippen LogP contribution in [-0.4, -0.2) is 47.7 Å². The number of amides is 4. The molecule has 0 saturated carbocycles. The van der Waals surface area contributed by atoms with Gasteiger partial charge < -0.3 is 19.1 Å². The molecule has 3 aromatic rings. The summed E-state index contributed by atoms with van der Waals surface area (Å²) in [6, 6.07) is 13.1. The number of carboxylic acid groups (broad SMARTS) is 1. The number of hydrogen-bond donors (Lipinski definition) is 2. The van der Waals surface area contributed by atoms with Crippen LogP contribution in [0.1, 0.15) is 16.1 Å². The Kier molecular flexibility index (Phi) is 5.88. The van der Waals surface area contributed by atoms with E-state index in [0.29, 0.717) is 17.1 Å². The van der Waals surface area contributed by atoms with E-state index in [1.165, 1.54) is 44.6 Å². The third kappa shape index (κ3) is 3.99. The Balaban J connectivity index is 1.73. The van der Waals surface area contributed by atoms with Gasteiger partial charge in [0.05, 0.1) is 25.5 Å². The largest absolute Gasteiger partial charge is 0.497 e. The lowest BCUT2D eigenvalue weighted by Gasteiger charge is -2.27. The molecule has 34 heavy (non-hydrogen) atoms. The first kappa shape index (κ1) is 22.3. The maximum absolute atomic E-state index is 13.3. The first-order valence-electron chi connectivity index (χ1n) is 9.98. The van der Waals surface area contributed by atoms with Crippen molar-refractivity contribution in [3.8, 4) is 17.2 Å². The molecule has 1 saturated heterocycles. The number of nitrogens with one attached hydrogen (secondary N) is 1. The standard InChI is InChI=1S/C24H19N3O7/c1-33-17-9-10-19(20(13-17)34-2)27-22(29)18(21(28)25-24(27)32)12-16-4-3-11-26(16)15-7-5-14(6-8-15)23(30)31/h3-13H,1-2H3,(H,30,31)(H,25,28,32). The Bertz CT molecular complexity index is 1340. The number of benzene rings is 2. The number of urea groups is 1. The molecule has 0 spiro atoms. The first-order chi connectivity index (χ1) is 16.3. The molecule has 172 valence electrons. The van der Waals surface area contributed by atoms with Crippen molar-refractivity contribution in [2.45, 2.75) is 0 Å². The number of carbonyl (C=O) groups is 4. The number of anilines is 1. The summed E-state index contributed by atoms with van der Waals surface area (Å²) in [5.41, 5.74) is 1.09. The molecule has 0 unspecified atom stereocenters. The van der Waals surface area contributed by atoms with Crippen molar-refractivity contribution in [2.24, 2.45) is 0 Å². The van der Waals surface area contributed by atoms with Crippen LogP contribution in [0, 0.1) is 0 Å². The molecule has 1 aliphatic rings. The minimum Gasteiger partial charge on any atom is -0.497 e. The van der Waals surface area contributed by atoms with Crippen LogP contribution in [0.15, 0.2) is 66.4 Å². The maximum atomic E-state index is 13.3. The van der Waals surface area contributed by atoms with Gasteiger partial charge in [-0.2, -0.15) is 0 Å². The smallest absolute Gasteiger partial charge is 0.336 e. The van der Waals surface area contributed by atoms with Gasteiger partial charge in [0.25, 0.3) is 11.8 Å². The van der Waals surface area contributed by atoms with Crippen LogP contribution < -0.4 is 19.7 Å². The number of nitrogens with zero attached hydrogens (tertiary/aromatic N) is 2. The molecule has 2 heterocycles. The Morgan fingerprint density at radius 2 is 1.74 bits per heavy atom. The summed E-state index contributed by atoms with van der Waals surface area (Å²) in [5.74, 6) is -2.05. The zero-order valence-electron chi connectivity index (χ0n) is 18.1. The van der Waals surface area contributed by atoms with Crippen molar-refractivity contribution in [1.82, 2.24) is 9.88 Å². The van der Waals surface area contributed by atoms with E-state index in [-0.39, 0.29) is 22.6 Å². The summed E-state index contributed by atoms with van der Waals surface area (Å²) < 4.78 is 12.1. The van der Waals surface area contributed by atoms with Gasteiger partial charge in [-0.25, -0.2) is 14.5 Å². The Morgan fingerprint density at radius 1 is 1.00 bits per heavy atom. The van der Waals surface area contributed by atoms with E-state index >= 15 is 0 Å². The fraction of sp³-hybridized carbons (Fsp3) is 0.0833. The zero-order valence-corrected chi connectivity index (χ0v) is 18.1.